The van der Waals surface area contributed by atoms with E-state index in [1.54, 1.807) is 0 Å². The first-order chi connectivity index (χ1) is 10.8. The number of ether oxygens (including phenoxy) is 1. The summed E-state index contributed by atoms with van der Waals surface area (Å²) in [6.45, 7) is 2.88. The molecular weight excluding hydrogens is 302 g/mol. The average molecular weight is 325 g/mol. The molecule has 128 valence electrons. The van der Waals surface area contributed by atoms with Crippen LogP contribution in [0.5, 0.6) is 0 Å². The summed E-state index contributed by atoms with van der Waals surface area (Å²) in [7, 11) is 0. The van der Waals surface area contributed by atoms with Crippen LogP contribution in [0.3, 0.4) is 0 Å². The maximum atomic E-state index is 12.0. The number of aliphatic hydroxyl groups is 4. The molecule has 7 heteroatoms. The number of carbonyl (C=O) groups is 1. The van der Waals surface area contributed by atoms with Crippen molar-refractivity contribution in [2.45, 2.75) is 51.0 Å². The highest BCUT2D eigenvalue weighted by atomic mass is 16.6. The maximum Gasteiger partial charge on any atom is 0.220 e. The van der Waals surface area contributed by atoms with Gasteiger partial charge in [0, 0.05) is 13.5 Å². The van der Waals surface area contributed by atoms with Gasteiger partial charge in [-0.05, 0) is 12.5 Å². The summed E-state index contributed by atoms with van der Waals surface area (Å²) in [4.78, 5) is 13.2. The number of hydrogen-bond acceptors (Lipinski definition) is 6. The van der Waals surface area contributed by atoms with Crippen LogP contribution >= 0.6 is 0 Å². The predicted molar refractivity (Wildman–Crippen MR) is 81.2 cm³/mol. The third-order valence-electron chi connectivity index (χ3n) is 4.10. The van der Waals surface area contributed by atoms with Crippen molar-refractivity contribution in [1.82, 2.24) is 4.90 Å². The summed E-state index contributed by atoms with van der Waals surface area (Å²) in [5.74, 6) is -0.369. The maximum absolute atomic E-state index is 12.0. The van der Waals surface area contributed by atoms with Gasteiger partial charge in [-0.25, -0.2) is 0 Å². The van der Waals surface area contributed by atoms with Crippen molar-refractivity contribution in [2.24, 2.45) is 0 Å². The molecule has 4 N–H and O–H groups in total. The molecule has 5 atom stereocenters. The topological polar surface area (TPSA) is 110 Å². The molecule has 0 bridgehead atoms. The van der Waals surface area contributed by atoms with E-state index in [0.717, 1.165) is 11.1 Å². The molecule has 1 heterocycles. The minimum Gasteiger partial charge on any atom is -0.394 e. The van der Waals surface area contributed by atoms with E-state index in [1.807, 2.05) is 31.2 Å². The first-order valence-electron chi connectivity index (χ1n) is 7.48. The van der Waals surface area contributed by atoms with Crippen LogP contribution in [0.1, 0.15) is 18.1 Å². The number of carbonyl (C=O) groups excluding carboxylic acids is 1. The molecular formula is C16H23NO6. The smallest absolute Gasteiger partial charge is 0.220 e. The van der Waals surface area contributed by atoms with E-state index in [1.165, 1.54) is 11.8 Å². The average Bonchev–Trinajstić information content (AvgIpc) is 2.51. The fraction of sp³-hybridized carbons (Fsp3) is 0.562. The van der Waals surface area contributed by atoms with E-state index in [4.69, 9.17) is 9.84 Å². The number of amides is 1. The molecule has 0 unspecified atom stereocenters. The van der Waals surface area contributed by atoms with Crippen molar-refractivity contribution in [3.05, 3.63) is 35.4 Å². The molecule has 1 saturated heterocycles. The van der Waals surface area contributed by atoms with Crippen LogP contribution in [0.4, 0.5) is 0 Å². The van der Waals surface area contributed by atoms with Gasteiger partial charge in [-0.3, -0.25) is 4.79 Å². The second-order valence-electron chi connectivity index (χ2n) is 5.85. The number of rotatable bonds is 4. The van der Waals surface area contributed by atoms with Crippen LogP contribution < -0.4 is 0 Å². The minimum absolute atomic E-state index is 0.161. The molecule has 1 amide bonds. The van der Waals surface area contributed by atoms with Crippen molar-refractivity contribution in [3.63, 3.8) is 0 Å². The Balaban J connectivity index is 2.22. The normalized spacial score (nSPS) is 31.0. The summed E-state index contributed by atoms with van der Waals surface area (Å²) in [5, 5.41) is 39.4. The van der Waals surface area contributed by atoms with Crippen LogP contribution in [-0.4, -0.2) is 68.5 Å². The van der Waals surface area contributed by atoms with Crippen LogP contribution in [0.15, 0.2) is 24.3 Å². The molecule has 0 aliphatic carbocycles. The van der Waals surface area contributed by atoms with E-state index in [0.29, 0.717) is 0 Å². The number of benzene rings is 1. The minimum atomic E-state index is -1.50. The van der Waals surface area contributed by atoms with Crippen molar-refractivity contribution < 1.29 is 30.0 Å². The summed E-state index contributed by atoms with van der Waals surface area (Å²) in [5.41, 5.74) is 1.90. The summed E-state index contributed by atoms with van der Waals surface area (Å²) >= 11 is 0. The number of nitrogens with zero attached hydrogens (tertiary/aromatic N) is 1. The van der Waals surface area contributed by atoms with Gasteiger partial charge in [-0.2, -0.15) is 0 Å². The second kappa shape index (κ2) is 7.37. The largest absolute Gasteiger partial charge is 0.394 e. The van der Waals surface area contributed by atoms with E-state index in [9.17, 15) is 20.1 Å². The first-order valence-corrected chi connectivity index (χ1v) is 7.48. The predicted octanol–water partition coefficient (Wildman–Crippen LogP) is -0.857. The molecule has 1 aliphatic rings. The molecule has 1 fully saturated rings. The standard InChI is InChI=1S/C16H23NO6/c1-9-3-5-11(6-4-9)7-17(10(2)19)13-15(21)14(20)12(8-18)23-16(13)22/h3-6,12-16,18,20-22H,7-8H2,1-2H3/t12-,13-,14-,15-,16+/m1/s1. The summed E-state index contributed by atoms with van der Waals surface area (Å²) < 4.78 is 5.12. The molecule has 7 nitrogen and oxygen atoms in total. The fourth-order valence-corrected chi connectivity index (χ4v) is 2.74. The lowest BCUT2D eigenvalue weighted by molar-refractivity contribution is -0.271. The van der Waals surface area contributed by atoms with E-state index < -0.39 is 37.3 Å². The van der Waals surface area contributed by atoms with Gasteiger partial charge in [-0.1, -0.05) is 29.8 Å². The molecule has 0 spiro atoms. The Bertz CT molecular complexity index is 534. The van der Waals surface area contributed by atoms with E-state index in [-0.39, 0.29) is 12.5 Å². The molecule has 1 aromatic carbocycles. The Morgan fingerprint density at radius 3 is 2.30 bits per heavy atom. The van der Waals surface area contributed by atoms with Gasteiger partial charge in [-0.15, -0.1) is 0 Å². The van der Waals surface area contributed by atoms with Gasteiger partial charge in [0.25, 0.3) is 0 Å². The highest BCUT2D eigenvalue weighted by Crippen LogP contribution is 2.25. The van der Waals surface area contributed by atoms with Crippen molar-refractivity contribution >= 4 is 5.91 Å². The monoisotopic (exact) mass is 325 g/mol. The lowest BCUT2D eigenvalue weighted by Crippen LogP contribution is -2.64. The Kier molecular flexibility index (Phi) is 5.72. The van der Waals surface area contributed by atoms with Crippen LogP contribution in [0.2, 0.25) is 0 Å². The zero-order valence-corrected chi connectivity index (χ0v) is 13.2. The number of hydrogen-bond donors (Lipinski definition) is 4. The number of aryl methyl sites for hydroxylation is 1. The van der Waals surface area contributed by atoms with Crippen molar-refractivity contribution in [2.75, 3.05) is 6.61 Å². The summed E-state index contributed by atoms with van der Waals surface area (Å²) in [6, 6.07) is 6.37. The molecule has 0 saturated carbocycles. The highest BCUT2D eigenvalue weighted by molar-refractivity contribution is 5.73. The molecule has 1 aromatic rings. The molecule has 23 heavy (non-hydrogen) atoms. The van der Waals surface area contributed by atoms with Crippen LogP contribution in [-0.2, 0) is 16.1 Å². The zero-order valence-electron chi connectivity index (χ0n) is 13.2. The number of aliphatic hydroxyl groups excluding tert-OH is 4. The highest BCUT2D eigenvalue weighted by Gasteiger charge is 2.47. The Labute approximate surface area is 134 Å². The van der Waals surface area contributed by atoms with Crippen molar-refractivity contribution in [1.29, 1.82) is 0 Å². The molecule has 2 rings (SSSR count). The molecule has 1 aliphatic heterocycles. The van der Waals surface area contributed by atoms with E-state index in [2.05, 4.69) is 0 Å². The summed E-state index contributed by atoms with van der Waals surface area (Å²) in [6.07, 6.45) is -5.41. The van der Waals surface area contributed by atoms with Gasteiger partial charge in [0.05, 0.1) is 6.61 Å². The van der Waals surface area contributed by atoms with Crippen LogP contribution in [0.25, 0.3) is 0 Å². The van der Waals surface area contributed by atoms with Gasteiger partial charge < -0.3 is 30.1 Å². The third kappa shape index (κ3) is 3.88. The van der Waals surface area contributed by atoms with Crippen molar-refractivity contribution in [3.8, 4) is 0 Å². The van der Waals surface area contributed by atoms with Gasteiger partial charge in [0.15, 0.2) is 6.29 Å². The Morgan fingerprint density at radius 1 is 1.17 bits per heavy atom. The lowest BCUT2D eigenvalue weighted by Gasteiger charge is -2.44. The fourth-order valence-electron chi connectivity index (χ4n) is 2.74. The van der Waals surface area contributed by atoms with Gasteiger partial charge in [0.1, 0.15) is 24.4 Å². The van der Waals surface area contributed by atoms with Gasteiger partial charge >= 0.3 is 0 Å². The molecule has 0 aromatic heterocycles. The third-order valence-corrected chi connectivity index (χ3v) is 4.10. The first kappa shape index (κ1) is 17.8. The second-order valence-corrected chi connectivity index (χ2v) is 5.85. The zero-order chi connectivity index (χ0) is 17.1. The van der Waals surface area contributed by atoms with Crippen LogP contribution in [0, 0.1) is 6.92 Å². The quantitative estimate of drug-likeness (QED) is 0.574. The Hall–Kier alpha value is -1.51. The molecule has 0 radical (unpaired) electrons. The SMILES string of the molecule is CC(=O)N(Cc1ccc(C)cc1)[C@@H]1[C@@H](O)[C@H](O)[C@@H](CO)O[C@@H]1O. The Morgan fingerprint density at radius 2 is 1.78 bits per heavy atom. The lowest BCUT2D eigenvalue weighted by atomic mass is 9.95. The van der Waals surface area contributed by atoms with Gasteiger partial charge in [0.2, 0.25) is 5.91 Å². The van der Waals surface area contributed by atoms with E-state index >= 15 is 0 Å².